The summed E-state index contributed by atoms with van der Waals surface area (Å²) in [5, 5.41) is 0. The van der Waals surface area contributed by atoms with Crippen molar-refractivity contribution in [2.24, 2.45) is 0 Å². The second-order valence-electron chi connectivity index (χ2n) is 5.31. The number of hydrogen-bond acceptors (Lipinski definition) is 7. The van der Waals surface area contributed by atoms with Gasteiger partial charge in [-0.25, -0.2) is 0 Å². The van der Waals surface area contributed by atoms with Crippen molar-refractivity contribution in [2.75, 3.05) is 39.3 Å². The summed E-state index contributed by atoms with van der Waals surface area (Å²) in [6, 6.07) is 0. The van der Waals surface area contributed by atoms with Crippen LogP contribution in [-0.4, -0.2) is 59.7 Å². The van der Waals surface area contributed by atoms with Crippen LogP contribution < -0.4 is 14.0 Å². The number of likely N-dealkylation sites (N-methyl/N-ethyl adjacent to an activating group) is 3. The van der Waals surface area contributed by atoms with Crippen molar-refractivity contribution in [3.8, 4) is 0 Å². The van der Waals surface area contributed by atoms with E-state index in [4.69, 9.17) is 4.29 Å². The van der Waals surface area contributed by atoms with Gasteiger partial charge in [-0.15, -0.1) is 0 Å². The van der Waals surface area contributed by atoms with E-state index in [0.717, 1.165) is 37.6 Å². The molecule has 1 aliphatic rings. The molecule has 0 saturated heterocycles. The number of rotatable bonds is 11. The van der Waals surface area contributed by atoms with Gasteiger partial charge in [0.2, 0.25) is 0 Å². The minimum atomic E-state index is -4.54. The second kappa shape index (κ2) is 8.00. The van der Waals surface area contributed by atoms with E-state index in [-0.39, 0.29) is 0 Å². The van der Waals surface area contributed by atoms with Crippen molar-refractivity contribution in [3.63, 3.8) is 0 Å². The molecule has 0 aromatic rings. The van der Waals surface area contributed by atoms with Crippen molar-refractivity contribution >= 4 is 0 Å². The van der Waals surface area contributed by atoms with Crippen LogP contribution in [0.4, 0.5) is 0 Å². The van der Waals surface area contributed by atoms with Crippen LogP contribution in [0.5, 0.6) is 0 Å². The van der Waals surface area contributed by atoms with Gasteiger partial charge in [0.15, 0.2) is 0 Å². The minimum absolute atomic E-state index is 0.580. The Labute approximate surface area is 141 Å². The molecule has 0 heterocycles. The van der Waals surface area contributed by atoms with Gasteiger partial charge in [0.05, 0.1) is 10.2 Å². The molecular formula is C15H30ClN3O4. The van der Waals surface area contributed by atoms with Crippen LogP contribution >= 0.6 is 0 Å². The average molecular weight is 352 g/mol. The van der Waals surface area contributed by atoms with E-state index in [2.05, 4.69) is 9.80 Å². The maximum Gasteiger partial charge on any atom is 0.361 e. The fourth-order valence-electron chi connectivity index (χ4n) is 3.26. The summed E-state index contributed by atoms with van der Waals surface area (Å²) in [6.07, 6.45) is 0. The minimum Gasteiger partial charge on any atom is -0.369 e. The fraction of sp³-hybridized carbons (Fsp3) is 0.867. The predicted molar refractivity (Wildman–Crippen MR) is 79.6 cm³/mol. The molecule has 0 aromatic heterocycles. The number of hydrogen-bond donors (Lipinski definition) is 0. The van der Waals surface area contributed by atoms with Crippen LogP contribution in [-0.2, 0) is 4.29 Å². The highest BCUT2D eigenvalue weighted by molar-refractivity contribution is 5.50. The highest BCUT2D eigenvalue weighted by atomic mass is 35.7. The normalized spacial score (nSPS) is 17.0. The van der Waals surface area contributed by atoms with Gasteiger partial charge in [0, 0.05) is 26.2 Å². The zero-order valence-corrected chi connectivity index (χ0v) is 15.9. The molecule has 136 valence electrons. The van der Waals surface area contributed by atoms with Gasteiger partial charge in [-0.1, -0.05) is 13.8 Å². The van der Waals surface area contributed by atoms with Crippen LogP contribution in [0.1, 0.15) is 41.5 Å². The topological polar surface area (TPSA) is 88.1 Å². The summed E-state index contributed by atoms with van der Waals surface area (Å²) in [6.45, 7) is 15.9. The zero-order chi connectivity index (χ0) is 17.8. The summed E-state index contributed by atoms with van der Waals surface area (Å²) in [4.78, 5) is 6.01. The molecule has 0 atom stereocenters. The first-order valence-electron chi connectivity index (χ1n) is 8.38. The van der Waals surface area contributed by atoms with Gasteiger partial charge in [-0.2, -0.15) is 14.0 Å². The summed E-state index contributed by atoms with van der Waals surface area (Å²) in [7, 11) is -4.54. The quantitative estimate of drug-likeness (QED) is 0.434. The Hall–Kier alpha value is -0.570. The standard InChI is InChI=1S/C15H30ClN3O4/c1-7-17(8-2)13-14(18(9-3)10-4)15(13,19(11-5)12-6)23-16(20,21)22/h7-12H2,1-6H3. The van der Waals surface area contributed by atoms with Gasteiger partial charge in [0.1, 0.15) is 15.7 Å². The molecule has 0 aliphatic heterocycles. The predicted octanol–water partition coefficient (Wildman–Crippen LogP) is -1.15. The lowest BCUT2D eigenvalue weighted by Crippen LogP contribution is -2.66. The van der Waals surface area contributed by atoms with E-state index < -0.39 is 16.0 Å². The Morgan fingerprint density at radius 2 is 1.09 bits per heavy atom. The lowest BCUT2D eigenvalue weighted by molar-refractivity contribution is -1.92. The van der Waals surface area contributed by atoms with Gasteiger partial charge in [-0.05, 0) is 40.8 Å². The highest BCUT2D eigenvalue weighted by Crippen LogP contribution is 2.53. The monoisotopic (exact) mass is 351 g/mol. The van der Waals surface area contributed by atoms with E-state index in [1.54, 1.807) is 0 Å². The smallest absolute Gasteiger partial charge is 0.361 e. The Morgan fingerprint density at radius 3 is 1.30 bits per heavy atom. The molecule has 7 nitrogen and oxygen atoms in total. The van der Waals surface area contributed by atoms with Crippen molar-refractivity contribution < 1.29 is 28.5 Å². The van der Waals surface area contributed by atoms with E-state index in [0.29, 0.717) is 13.1 Å². The molecule has 0 bridgehead atoms. The molecule has 0 saturated carbocycles. The molecule has 1 aliphatic carbocycles. The molecule has 0 N–H and O–H groups in total. The van der Waals surface area contributed by atoms with Crippen molar-refractivity contribution in [3.05, 3.63) is 11.4 Å². The first-order chi connectivity index (χ1) is 10.8. The van der Waals surface area contributed by atoms with Gasteiger partial charge in [-0.3, -0.25) is 4.90 Å². The molecule has 1 rings (SSSR count). The van der Waals surface area contributed by atoms with Gasteiger partial charge < -0.3 is 9.80 Å². The van der Waals surface area contributed by atoms with E-state index in [1.165, 1.54) is 0 Å². The Bertz CT molecular complexity index is 391. The van der Waals surface area contributed by atoms with Gasteiger partial charge >= 0.3 is 5.72 Å². The largest absolute Gasteiger partial charge is 0.369 e. The molecule has 0 fully saturated rings. The summed E-state index contributed by atoms with van der Waals surface area (Å²) in [5.74, 6) is 0. The Balaban J connectivity index is 3.37. The SMILES string of the molecule is CCN(CC)C1=C(N(CC)CC)C1(O[Cl+3]([O-])([O-])[O-])N(CC)CC. The third kappa shape index (κ3) is 3.92. The van der Waals surface area contributed by atoms with Crippen LogP contribution in [0.25, 0.3) is 0 Å². The molecule has 23 heavy (non-hydrogen) atoms. The van der Waals surface area contributed by atoms with Crippen LogP contribution in [0.2, 0.25) is 0 Å². The number of nitrogens with zero attached hydrogens (tertiary/aromatic N) is 3. The maximum absolute atomic E-state index is 11.4. The summed E-state index contributed by atoms with van der Waals surface area (Å²) < 4.78 is 39.4. The fourth-order valence-corrected chi connectivity index (χ4v) is 3.78. The van der Waals surface area contributed by atoms with Crippen molar-refractivity contribution in [2.45, 2.75) is 47.3 Å². The zero-order valence-electron chi connectivity index (χ0n) is 15.1. The van der Waals surface area contributed by atoms with Crippen LogP contribution in [0.15, 0.2) is 11.4 Å². The second-order valence-corrected chi connectivity index (χ2v) is 6.22. The third-order valence-electron chi connectivity index (χ3n) is 4.38. The number of halogens is 1. The first kappa shape index (κ1) is 20.5. The van der Waals surface area contributed by atoms with E-state index in [1.807, 2.05) is 46.4 Å². The Kier molecular flexibility index (Phi) is 7.12. The first-order valence-corrected chi connectivity index (χ1v) is 9.62. The maximum atomic E-state index is 11.4. The molecule has 0 radical (unpaired) electrons. The van der Waals surface area contributed by atoms with Gasteiger partial charge in [0.25, 0.3) is 0 Å². The summed E-state index contributed by atoms with van der Waals surface area (Å²) in [5.41, 5.74) is 0.326. The lowest BCUT2D eigenvalue weighted by atomic mass is 10.3. The molecule has 8 heteroatoms. The molecule has 0 unspecified atom stereocenters. The van der Waals surface area contributed by atoms with Crippen LogP contribution in [0.3, 0.4) is 0 Å². The molecular weight excluding hydrogens is 322 g/mol. The highest BCUT2D eigenvalue weighted by Gasteiger charge is 2.72. The van der Waals surface area contributed by atoms with E-state index in [9.17, 15) is 14.0 Å². The molecule has 0 amide bonds. The summed E-state index contributed by atoms with van der Waals surface area (Å²) >= 11 is 0. The molecule has 0 spiro atoms. The molecule has 0 aromatic carbocycles. The average Bonchev–Trinajstić information content (AvgIpc) is 3.10. The third-order valence-corrected chi connectivity index (χ3v) is 4.79. The van der Waals surface area contributed by atoms with Crippen molar-refractivity contribution in [1.29, 1.82) is 0 Å². The van der Waals surface area contributed by atoms with Crippen LogP contribution in [0, 0.1) is 10.2 Å². The Morgan fingerprint density at radius 1 is 0.739 bits per heavy atom. The van der Waals surface area contributed by atoms with Crippen molar-refractivity contribution in [1.82, 2.24) is 14.7 Å². The van der Waals surface area contributed by atoms with E-state index >= 15 is 0 Å². The lowest BCUT2D eigenvalue weighted by Gasteiger charge is -2.32.